The molecule has 0 heterocycles. The summed E-state index contributed by atoms with van der Waals surface area (Å²) in [6.07, 6.45) is 2.00. The summed E-state index contributed by atoms with van der Waals surface area (Å²) in [6.45, 7) is 8.83. The molecule has 1 fully saturated rings. The lowest BCUT2D eigenvalue weighted by molar-refractivity contribution is -0.165. The van der Waals surface area contributed by atoms with Gasteiger partial charge in [-0.1, -0.05) is 27.2 Å². The first-order chi connectivity index (χ1) is 13.9. The lowest BCUT2D eigenvalue weighted by Crippen LogP contribution is -2.51. The van der Waals surface area contributed by atoms with Crippen LogP contribution in [0.15, 0.2) is 21.2 Å². The summed E-state index contributed by atoms with van der Waals surface area (Å²) in [4.78, 5) is 51.7. The lowest BCUT2D eigenvalue weighted by Gasteiger charge is -2.50. The molecule has 0 saturated heterocycles. The van der Waals surface area contributed by atoms with Crippen molar-refractivity contribution in [1.82, 2.24) is 0 Å². The van der Waals surface area contributed by atoms with Crippen LogP contribution in [0.1, 0.15) is 53.9 Å². The lowest BCUT2D eigenvalue weighted by atomic mass is 9.53. The highest BCUT2D eigenvalue weighted by atomic mass is 79.9. The zero-order valence-electron chi connectivity index (χ0n) is 18.4. The quantitative estimate of drug-likeness (QED) is 0.447. The number of allylic oxidation sites excluding steroid dienone is 3. The van der Waals surface area contributed by atoms with Crippen LogP contribution in [0.5, 0.6) is 0 Å². The van der Waals surface area contributed by atoms with Gasteiger partial charge in [0.15, 0.2) is 11.6 Å². The Bertz CT molecular complexity index is 897. The summed E-state index contributed by atoms with van der Waals surface area (Å²) in [5, 5.41) is 0. The van der Waals surface area contributed by atoms with Crippen molar-refractivity contribution in [3.8, 4) is 0 Å². The molecule has 0 aromatic heterocycles. The van der Waals surface area contributed by atoms with Gasteiger partial charge in [0.25, 0.3) is 0 Å². The Kier molecular flexibility index (Phi) is 5.91. The Morgan fingerprint density at radius 3 is 2.33 bits per heavy atom. The Hall–Kier alpha value is -1.76. The Morgan fingerprint density at radius 1 is 1.17 bits per heavy atom. The fourth-order valence-corrected chi connectivity index (χ4v) is 7.01. The molecule has 1 unspecified atom stereocenters. The van der Waals surface area contributed by atoms with E-state index in [1.807, 2.05) is 27.7 Å². The summed E-state index contributed by atoms with van der Waals surface area (Å²) in [5.74, 6) is -2.27. The van der Waals surface area contributed by atoms with E-state index in [0.29, 0.717) is 34.0 Å². The van der Waals surface area contributed by atoms with Gasteiger partial charge in [0.05, 0.1) is 23.6 Å². The number of carbonyl (C=O) groups excluding carboxylic acids is 4. The number of fused-ring (bicyclic) bond motifs is 2. The van der Waals surface area contributed by atoms with Gasteiger partial charge in [0.1, 0.15) is 0 Å². The van der Waals surface area contributed by atoms with Gasteiger partial charge in [0.2, 0.25) is 0 Å². The van der Waals surface area contributed by atoms with Crippen molar-refractivity contribution in [2.45, 2.75) is 53.9 Å². The molecule has 0 spiro atoms. The monoisotopic (exact) mass is 480 g/mol. The van der Waals surface area contributed by atoms with Gasteiger partial charge in [-0.05, 0) is 47.5 Å². The number of Topliss-reactive ketones (excluding diaryl/α,β-unsaturated/α-hetero) is 2. The highest BCUT2D eigenvalue weighted by molar-refractivity contribution is 9.12. The summed E-state index contributed by atoms with van der Waals surface area (Å²) < 4.78 is 10.8. The molecule has 3 aliphatic carbocycles. The fraction of sp³-hybridized carbons (Fsp3) is 0.652. The number of esters is 2. The molecule has 3 aliphatic rings. The van der Waals surface area contributed by atoms with Crippen LogP contribution in [-0.2, 0) is 28.7 Å². The van der Waals surface area contributed by atoms with Crippen LogP contribution in [0.4, 0.5) is 0 Å². The van der Waals surface area contributed by atoms with Crippen molar-refractivity contribution >= 4 is 39.4 Å². The van der Waals surface area contributed by atoms with Gasteiger partial charge < -0.3 is 9.47 Å². The number of ketones is 2. The first kappa shape index (κ1) is 22.9. The number of methoxy groups -OCH3 is 1. The molecule has 0 amide bonds. The van der Waals surface area contributed by atoms with E-state index >= 15 is 0 Å². The molecule has 6 nitrogen and oxygen atoms in total. The Balaban J connectivity index is 2.24. The van der Waals surface area contributed by atoms with Crippen molar-refractivity contribution in [3.05, 3.63) is 21.2 Å². The van der Waals surface area contributed by atoms with E-state index in [4.69, 9.17) is 9.47 Å². The van der Waals surface area contributed by atoms with E-state index in [9.17, 15) is 19.2 Å². The molecule has 3 rings (SSSR count). The summed E-state index contributed by atoms with van der Waals surface area (Å²) in [6, 6.07) is 0. The molecule has 0 radical (unpaired) electrons. The Morgan fingerprint density at radius 2 is 1.80 bits per heavy atom. The molecule has 30 heavy (non-hydrogen) atoms. The molecule has 0 bridgehead atoms. The maximum atomic E-state index is 13.6. The predicted molar refractivity (Wildman–Crippen MR) is 114 cm³/mol. The van der Waals surface area contributed by atoms with E-state index < -0.39 is 22.7 Å². The molecular formula is C23H29BrO6. The van der Waals surface area contributed by atoms with Crippen LogP contribution in [0.2, 0.25) is 0 Å². The second kappa shape index (κ2) is 7.74. The normalized spacial score (nSPS) is 33.6. The van der Waals surface area contributed by atoms with E-state index in [-0.39, 0.29) is 36.0 Å². The zero-order chi connectivity index (χ0) is 22.6. The van der Waals surface area contributed by atoms with Crippen molar-refractivity contribution in [1.29, 1.82) is 0 Å². The van der Waals surface area contributed by atoms with E-state index in [2.05, 4.69) is 15.9 Å². The molecular weight excluding hydrogens is 452 g/mol. The second-order valence-corrected chi connectivity index (χ2v) is 10.2. The number of rotatable bonds is 4. The van der Waals surface area contributed by atoms with E-state index in [1.54, 1.807) is 0 Å². The average molecular weight is 481 g/mol. The third kappa shape index (κ3) is 3.12. The van der Waals surface area contributed by atoms with Crippen LogP contribution in [0.25, 0.3) is 0 Å². The minimum atomic E-state index is -0.894. The topological polar surface area (TPSA) is 86.7 Å². The summed E-state index contributed by atoms with van der Waals surface area (Å²) >= 11 is 3.39. The maximum absolute atomic E-state index is 13.6. The third-order valence-electron chi connectivity index (χ3n) is 7.23. The summed E-state index contributed by atoms with van der Waals surface area (Å²) in [7, 11) is 1.36. The SMILES string of the molecule is COC(=O)C1(C)CCC[C@]2(C)C3=C(C(=O)C(C(C)C)=C(Br)C3=O)[C@@H](COC(C)=O)[C@@H]12. The van der Waals surface area contributed by atoms with Gasteiger partial charge in [-0.15, -0.1) is 0 Å². The smallest absolute Gasteiger partial charge is 0.311 e. The number of ether oxygens (including phenoxy) is 2. The number of hydrogen-bond donors (Lipinski definition) is 0. The molecule has 0 aromatic carbocycles. The maximum Gasteiger partial charge on any atom is 0.311 e. The molecule has 4 atom stereocenters. The third-order valence-corrected chi connectivity index (χ3v) is 8.01. The number of halogens is 1. The predicted octanol–water partition coefficient (Wildman–Crippen LogP) is 3.92. The molecule has 164 valence electrons. The van der Waals surface area contributed by atoms with Crippen LogP contribution in [0, 0.1) is 28.6 Å². The van der Waals surface area contributed by atoms with Crippen LogP contribution >= 0.6 is 15.9 Å². The van der Waals surface area contributed by atoms with Crippen LogP contribution in [-0.4, -0.2) is 37.2 Å². The number of hydrogen-bond acceptors (Lipinski definition) is 6. The first-order valence-electron chi connectivity index (χ1n) is 10.4. The van der Waals surface area contributed by atoms with Crippen molar-refractivity contribution in [2.75, 3.05) is 13.7 Å². The van der Waals surface area contributed by atoms with Gasteiger partial charge >= 0.3 is 11.9 Å². The molecule has 7 heteroatoms. The fourth-order valence-electron chi connectivity index (χ4n) is 6.17. The minimum absolute atomic E-state index is 0.0387. The van der Waals surface area contributed by atoms with E-state index in [1.165, 1.54) is 14.0 Å². The van der Waals surface area contributed by atoms with E-state index in [0.717, 1.165) is 6.42 Å². The highest BCUT2D eigenvalue weighted by Crippen LogP contribution is 2.66. The van der Waals surface area contributed by atoms with Gasteiger partial charge in [-0.25, -0.2) is 0 Å². The standard InChI is InChI=1S/C23H29BrO6/c1-11(2)14-17(24)19(27)16-15(18(14)26)13(10-30-12(3)25)20-22(16,4)8-7-9-23(20,5)21(28)29-6/h11,13,20H,7-10H2,1-6H3/t13-,20-,22-,23?/m1/s1. The zero-order valence-corrected chi connectivity index (χ0v) is 20.0. The Labute approximate surface area is 185 Å². The minimum Gasteiger partial charge on any atom is -0.469 e. The summed E-state index contributed by atoms with van der Waals surface area (Å²) in [5.41, 5.74) is -0.253. The van der Waals surface area contributed by atoms with Crippen molar-refractivity contribution in [3.63, 3.8) is 0 Å². The van der Waals surface area contributed by atoms with Gasteiger partial charge in [0, 0.05) is 35.0 Å². The largest absolute Gasteiger partial charge is 0.469 e. The van der Waals surface area contributed by atoms with Crippen LogP contribution in [0.3, 0.4) is 0 Å². The van der Waals surface area contributed by atoms with Crippen LogP contribution < -0.4 is 0 Å². The van der Waals surface area contributed by atoms with Gasteiger partial charge in [-0.3, -0.25) is 19.2 Å². The highest BCUT2D eigenvalue weighted by Gasteiger charge is 2.65. The molecule has 0 N–H and O–H groups in total. The van der Waals surface area contributed by atoms with Crippen molar-refractivity contribution < 1.29 is 28.7 Å². The molecule has 0 aromatic rings. The first-order valence-corrected chi connectivity index (χ1v) is 11.2. The second-order valence-electron chi connectivity index (χ2n) is 9.40. The number of carbonyl (C=O) groups is 4. The molecule has 0 aliphatic heterocycles. The van der Waals surface area contributed by atoms with Crippen molar-refractivity contribution in [2.24, 2.45) is 28.6 Å². The molecule has 1 saturated carbocycles. The average Bonchev–Trinajstić information content (AvgIpc) is 2.93. The van der Waals surface area contributed by atoms with Gasteiger partial charge in [-0.2, -0.15) is 0 Å².